The zero-order valence-corrected chi connectivity index (χ0v) is 9.03. The van der Waals surface area contributed by atoms with Crippen molar-refractivity contribution >= 4 is 0 Å². The van der Waals surface area contributed by atoms with Crippen LogP contribution in [0, 0.1) is 12.7 Å². The lowest BCUT2D eigenvalue weighted by Crippen LogP contribution is -2.12. The van der Waals surface area contributed by atoms with Gasteiger partial charge in [-0.25, -0.2) is 4.39 Å². The molecule has 2 rings (SSSR count). The Kier molecular flexibility index (Phi) is 3.31. The van der Waals surface area contributed by atoms with Gasteiger partial charge in [0.05, 0.1) is 5.69 Å². The Bertz CT molecular complexity index is 468. The smallest absolute Gasteiger partial charge is 0.133 e. The third-order valence-corrected chi connectivity index (χ3v) is 2.20. The molecule has 0 saturated carbocycles. The van der Waals surface area contributed by atoms with Gasteiger partial charge in [0, 0.05) is 19.2 Å². The molecule has 0 saturated heterocycles. The Morgan fingerprint density at radius 3 is 2.88 bits per heavy atom. The zero-order valence-electron chi connectivity index (χ0n) is 9.03. The van der Waals surface area contributed by atoms with Gasteiger partial charge in [0.1, 0.15) is 11.6 Å². The van der Waals surface area contributed by atoms with Crippen LogP contribution in [0.2, 0.25) is 0 Å². The average molecular weight is 220 g/mol. The molecule has 1 aromatic carbocycles. The number of nitrogens with one attached hydrogen (secondary N) is 1. The minimum atomic E-state index is -0.211. The van der Waals surface area contributed by atoms with E-state index in [1.165, 1.54) is 12.1 Å². The number of aromatic nitrogens is 1. The van der Waals surface area contributed by atoms with Crippen molar-refractivity contribution in [2.24, 2.45) is 0 Å². The first-order valence-electron chi connectivity index (χ1n) is 5.11. The van der Waals surface area contributed by atoms with Crippen LogP contribution in [0.5, 0.6) is 0 Å². The van der Waals surface area contributed by atoms with Crippen molar-refractivity contribution in [3.63, 3.8) is 0 Å². The number of hydrogen-bond acceptors (Lipinski definition) is 3. The van der Waals surface area contributed by atoms with Gasteiger partial charge in [-0.1, -0.05) is 17.3 Å². The maximum atomic E-state index is 12.9. The molecular weight excluding hydrogens is 207 g/mol. The summed E-state index contributed by atoms with van der Waals surface area (Å²) in [5.74, 6) is 0.583. The van der Waals surface area contributed by atoms with Crippen LogP contribution in [0.15, 0.2) is 34.9 Å². The van der Waals surface area contributed by atoms with Gasteiger partial charge >= 0.3 is 0 Å². The first-order chi connectivity index (χ1) is 7.74. The number of hydrogen-bond donors (Lipinski definition) is 1. The highest BCUT2D eigenvalue weighted by Gasteiger charge is 2.00. The third-order valence-electron chi connectivity index (χ3n) is 2.20. The zero-order chi connectivity index (χ0) is 11.4. The van der Waals surface area contributed by atoms with Crippen LogP contribution >= 0.6 is 0 Å². The predicted octanol–water partition coefficient (Wildman–Crippen LogP) is 2.41. The second-order valence-corrected chi connectivity index (χ2v) is 3.66. The quantitative estimate of drug-likeness (QED) is 0.859. The molecule has 0 spiro atoms. The molecular formula is C12H13FN2O. The van der Waals surface area contributed by atoms with Crippen molar-refractivity contribution in [2.45, 2.75) is 20.0 Å². The second kappa shape index (κ2) is 4.90. The molecule has 0 unspecified atom stereocenters. The van der Waals surface area contributed by atoms with E-state index in [4.69, 9.17) is 4.52 Å². The van der Waals surface area contributed by atoms with Gasteiger partial charge in [0.15, 0.2) is 0 Å². The van der Waals surface area contributed by atoms with E-state index in [0.717, 1.165) is 17.0 Å². The van der Waals surface area contributed by atoms with E-state index >= 15 is 0 Å². The van der Waals surface area contributed by atoms with Crippen LogP contribution in [0.1, 0.15) is 17.0 Å². The Hall–Kier alpha value is -1.68. The molecule has 0 aliphatic heterocycles. The topological polar surface area (TPSA) is 38.1 Å². The van der Waals surface area contributed by atoms with E-state index < -0.39 is 0 Å². The Balaban J connectivity index is 1.84. The van der Waals surface area contributed by atoms with E-state index in [1.807, 2.05) is 19.1 Å². The minimum absolute atomic E-state index is 0.211. The number of rotatable bonds is 4. The number of halogens is 1. The standard InChI is InChI=1S/C12H13FN2O/c1-9-5-12(15-16-9)8-14-7-10-3-2-4-11(13)6-10/h2-6,14H,7-8H2,1H3. The first-order valence-corrected chi connectivity index (χ1v) is 5.11. The fourth-order valence-corrected chi connectivity index (χ4v) is 1.48. The second-order valence-electron chi connectivity index (χ2n) is 3.66. The van der Waals surface area contributed by atoms with Crippen molar-refractivity contribution in [3.8, 4) is 0 Å². The van der Waals surface area contributed by atoms with Crippen molar-refractivity contribution in [2.75, 3.05) is 0 Å². The van der Waals surface area contributed by atoms with Crippen molar-refractivity contribution in [1.29, 1.82) is 0 Å². The van der Waals surface area contributed by atoms with E-state index in [9.17, 15) is 4.39 Å². The summed E-state index contributed by atoms with van der Waals surface area (Å²) in [6.45, 7) is 3.08. The number of aryl methyl sites for hydroxylation is 1. The Morgan fingerprint density at radius 1 is 1.31 bits per heavy atom. The summed E-state index contributed by atoms with van der Waals surface area (Å²) >= 11 is 0. The summed E-state index contributed by atoms with van der Waals surface area (Å²) in [5, 5.41) is 7.02. The lowest BCUT2D eigenvalue weighted by molar-refractivity contribution is 0.388. The van der Waals surface area contributed by atoms with Gasteiger partial charge in [-0.2, -0.15) is 0 Å². The predicted molar refractivity (Wildman–Crippen MR) is 58.2 cm³/mol. The summed E-state index contributed by atoms with van der Waals surface area (Å²) < 4.78 is 17.8. The van der Waals surface area contributed by atoms with Crippen LogP contribution in [-0.2, 0) is 13.1 Å². The Morgan fingerprint density at radius 2 is 2.19 bits per heavy atom. The molecule has 0 fully saturated rings. The van der Waals surface area contributed by atoms with Crippen LogP contribution in [-0.4, -0.2) is 5.16 Å². The minimum Gasteiger partial charge on any atom is -0.361 e. The molecule has 0 bridgehead atoms. The fraction of sp³-hybridized carbons (Fsp3) is 0.250. The van der Waals surface area contributed by atoms with Gasteiger partial charge in [0.25, 0.3) is 0 Å². The monoisotopic (exact) mass is 220 g/mol. The molecule has 84 valence electrons. The van der Waals surface area contributed by atoms with Gasteiger partial charge in [-0.3, -0.25) is 0 Å². The molecule has 0 aliphatic rings. The van der Waals surface area contributed by atoms with Crippen LogP contribution in [0.25, 0.3) is 0 Å². The van der Waals surface area contributed by atoms with Crippen LogP contribution in [0.3, 0.4) is 0 Å². The lowest BCUT2D eigenvalue weighted by Gasteiger charge is -2.02. The highest BCUT2D eigenvalue weighted by Crippen LogP contribution is 2.04. The lowest BCUT2D eigenvalue weighted by atomic mass is 10.2. The van der Waals surface area contributed by atoms with Gasteiger partial charge < -0.3 is 9.84 Å². The summed E-state index contributed by atoms with van der Waals surface area (Å²) in [6, 6.07) is 8.40. The molecule has 1 N–H and O–H groups in total. The molecule has 0 amide bonds. The normalized spacial score (nSPS) is 10.6. The first kappa shape index (κ1) is 10.8. The maximum absolute atomic E-state index is 12.9. The molecule has 2 aromatic rings. The van der Waals surface area contributed by atoms with Crippen LogP contribution in [0.4, 0.5) is 4.39 Å². The van der Waals surface area contributed by atoms with Crippen molar-refractivity contribution in [3.05, 3.63) is 53.2 Å². The average Bonchev–Trinajstić information content (AvgIpc) is 2.64. The summed E-state index contributed by atoms with van der Waals surface area (Å²) in [6.07, 6.45) is 0. The fourth-order valence-electron chi connectivity index (χ4n) is 1.48. The molecule has 0 atom stereocenters. The van der Waals surface area contributed by atoms with Gasteiger partial charge in [-0.15, -0.1) is 0 Å². The molecule has 1 heterocycles. The number of benzene rings is 1. The molecule has 0 aliphatic carbocycles. The van der Waals surface area contributed by atoms with E-state index in [2.05, 4.69) is 10.5 Å². The van der Waals surface area contributed by atoms with E-state index in [1.54, 1.807) is 6.07 Å². The number of nitrogens with zero attached hydrogens (tertiary/aromatic N) is 1. The summed E-state index contributed by atoms with van der Waals surface area (Å²) in [7, 11) is 0. The van der Waals surface area contributed by atoms with Crippen molar-refractivity contribution < 1.29 is 8.91 Å². The highest BCUT2D eigenvalue weighted by molar-refractivity contribution is 5.16. The molecule has 4 heteroatoms. The molecule has 0 radical (unpaired) electrons. The third kappa shape index (κ3) is 2.90. The van der Waals surface area contributed by atoms with Gasteiger partial charge in [0.2, 0.25) is 0 Å². The maximum Gasteiger partial charge on any atom is 0.133 e. The SMILES string of the molecule is Cc1cc(CNCc2cccc(F)c2)no1. The summed E-state index contributed by atoms with van der Waals surface area (Å²) in [4.78, 5) is 0. The summed E-state index contributed by atoms with van der Waals surface area (Å²) in [5.41, 5.74) is 1.77. The molecule has 3 nitrogen and oxygen atoms in total. The van der Waals surface area contributed by atoms with Crippen LogP contribution < -0.4 is 5.32 Å². The van der Waals surface area contributed by atoms with E-state index in [0.29, 0.717) is 13.1 Å². The molecule has 1 aromatic heterocycles. The van der Waals surface area contributed by atoms with Crippen molar-refractivity contribution in [1.82, 2.24) is 10.5 Å². The van der Waals surface area contributed by atoms with Gasteiger partial charge in [-0.05, 0) is 24.6 Å². The van der Waals surface area contributed by atoms with E-state index in [-0.39, 0.29) is 5.82 Å². The Labute approximate surface area is 93.3 Å². The molecule has 16 heavy (non-hydrogen) atoms. The largest absolute Gasteiger partial charge is 0.361 e. The highest BCUT2D eigenvalue weighted by atomic mass is 19.1.